The average Bonchev–Trinajstić information content (AvgIpc) is 3.25. The van der Waals surface area contributed by atoms with E-state index in [0.717, 1.165) is 16.3 Å². The van der Waals surface area contributed by atoms with Gasteiger partial charge in [0.15, 0.2) is 11.5 Å². The number of carbonyl (C=O) groups is 1. The Hall–Kier alpha value is -4.26. The molecule has 1 N–H and O–H groups in total. The minimum atomic E-state index is -0.136. The van der Waals surface area contributed by atoms with E-state index in [0.29, 0.717) is 36.1 Å². The van der Waals surface area contributed by atoms with Gasteiger partial charge in [-0.25, -0.2) is 0 Å². The maximum atomic E-state index is 12.4. The van der Waals surface area contributed by atoms with Gasteiger partial charge in [0.2, 0.25) is 5.88 Å². The Morgan fingerprint density at radius 2 is 1.68 bits per heavy atom. The van der Waals surface area contributed by atoms with Gasteiger partial charge < -0.3 is 10.1 Å². The summed E-state index contributed by atoms with van der Waals surface area (Å²) in [6.45, 7) is 0.653. The lowest BCUT2D eigenvalue weighted by molar-refractivity contribution is 0.0946. The Morgan fingerprint density at radius 1 is 0.871 bits per heavy atom. The topological polar surface area (TPSA) is 81.4 Å². The molecule has 0 fully saturated rings. The fraction of sp³-hybridized carbons (Fsp3) is 0.0833. The van der Waals surface area contributed by atoms with Gasteiger partial charge in [-0.3, -0.25) is 4.79 Å². The Kier molecular flexibility index (Phi) is 4.98. The van der Waals surface area contributed by atoms with Crippen molar-refractivity contribution >= 4 is 22.3 Å². The van der Waals surface area contributed by atoms with Gasteiger partial charge in [-0.05, 0) is 29.0 Å². The molecule has 0 saturated heterocycles. The number of nitrogens with one attached hydrogen (secondary N) is 1. The molecule has 0 aliphatic rings. The molecule has 2 aromatic heterocycles. The smallest absolute Gasteiger partial charge is 0.251 e. The van der Waals surface area contributed by atoms with Crippen LogP contribution in [0.2, 0.25) is 0 Å². The summed E-state index contributed by atoms with van der Waals surface area (Å²) < 4.78 is 7.38. The first-order valence-corrected chi connectivity index (χ1v) is 9.96. The van der Waals surface area contributed by atoms with E-state index in [2.05, 4.69) is 20.6 Å². The van der Waals surface area contributed by atoms with E-state index in [9.17, 15) is 4.79 Å². The van der Waals surface area contributed by atoms with Crippen LogP contribution in [0.4, 0.5) is 0 Å². The SMILES string of the molecule is O=C(NCCOc1ccc2nnc(-c3ccccc3)n2n1)c1ccc2ccccc2c1. The first kappa shape index (κ1) is 18.7. The van der Waals surface area contributed by atoms with Crippen molar-refractivity contribution < 1.29 is 9.53 Å². The van der Waals surface area contributed by atoms with Crippen molar-refractivity contribution in [3.8, 4) is 17.3 Å². The number of carbonyl (C=O) groups excluding carboxylic acids is 1. The van der Waals surface area contributed by atoms with Gasteiger partial charge in [-0.1, -0.05) is 60.7 Å². The van der Waals surface area contributed by atoms with Crippen molar-refractivity contribution in [3.63, 3.8) is 0 Å². The molecule has 7 nitrogen and oxygen atoms in total. The number of aromatic nitrogens is 4. The van der Waals surface area contributed by atoms with Gasteiger partial charge in [0, 0.05) is 17.2 Å². The third-order valence-corrected chi connectivity index (χ3v) is 4.92. The second kappa shape index (κ2) is 8.23. The Labute approximate surface area is 178 Å². The van der Waals surface area contributed by atoms with E-state index in [1.54, 1.807) is 16.6 Å². The lowest BCUT2D eigenvalue weighted by atomic mass is 10.1. The highest BCUT2D eigenvalue weighted by Crippen LogP contribution is 2.18. The monoisotopic (exact) mass is 409 g/mol. The zero-order valence-electron chi connectivity index (χ0n) is 16.6. The minimum absolute atomic E-state index is 0.136. The normalized spacial score (nSPS) is 11.0. The Morgan fingerprint density at radius 3 is 2.55 bits per heavy atom. The van der Waals surface area contributed by atoms with Crippen LogP contribution in [0.5, 0.6) is 5.88 Å². The van der Waals surface area contributed by atoms with Gasteiger partial charge in [0.1, 0.15) is 6.61 Å². The molecule has 0 aliphatic carbocycles. The molecule has 0 bridgehead atoms. The van der Waals surface area contributed by atoms with Crippen LogP contribution < -0.4 is 10.1 Å². The molecular formula is C24H19N5O2. The molecule has 152 valence electrons. The second-order valence-corrected chi connectivity index (χ2v) is 7.00. The van der Waals surface area contributed by atoms with Crippen molar-refractivity contribution in [2.75, 3.05) is 13.2 Å². The van der Waals surface area contributed by atoms with Crippen LogP contribution in [0.3, 0.4) is 0 Å². The molecular weight excluding hydrogens is 390 g/mol. The van der Waals surface area contributed by atoms with E-state index in [1.807, 2.05) is 72.8 Å². The van der Waals surface area contributed by atoms with Crippen LogP contribution >= 0.6 is 0 Å². The zero-order chi connectivity index (χ0) is 21.0. The van der Waals surface area contributed by atoms with Crippen molar-refractivity contribution in [3.05, 3.63) is 90.5 Å². The van der Waals surface area contributed by atoms with Gasteiger partial charge in [0.05, 0.1) is 6.54 Å². The van der Waals surface area contributed by atoms with E-state index in [1.165, 1.54) is 0 Å². The number of ether oxygens (including phenoxy) is 1. The first-order chi connectivity index (χ1) is 15.3. The maximum absolute atomic E-state index is 12.4. The molecule has 3 aromatic carbocycles. The van der Waals surface area contributed by atoms with E-state index in [4.69, 9.17) is 4.74 Å². The van der Waals surface area contributed by atoms with E-state index in [-0.39, 0.29) is 5.91 Å². The number of rotatable bonds is 6. The van der Waals surface area contributed by atoms with Gasteiger partial charge in [-0.15, -0.1) is 15.3 Å². The minimum Gasteiger partial charge on any atom is -0.475 e. The lowest BCUT2D eigenvalue weighted by Crippen LogP contribution is -2.28. The number of benzene rings is 3. The van der Waals surface area contributed by atoms with Crippen molar-refractivity contribution in [2.24, 2.45) is 0 Å². The molecule has 0 atom stereocenters. The average molecular weight is 409 g/mol. The summed E-state index contributed by atoms with van der Waals surface area (Å²) in [7, 11) is 0. The molecule has 31 heavy (non-hydrogen) atoms. The fourth-order valence-corrected chi connectivity index (χ4v) is 3.37. The summed E-state index contributed by atoms with van der Waals surface area (Å²) in [6, 6.07) is 26.9. The number of amides is 1. The van der Waals surface area contributed by atoms with Crippen LogP contribution in [0.1, 0.15) is 10.4 Å². The van der Waals surface area contributed by atoms with Crippen LogP contribution in [0.15, 0.2) is 84.9 Å². The fourth-order valence-electron chi connectivity index (χ4n) is 3.37. The van der Waals surface area contributed by atoms with Gasteiger partial charge in [0.25, 0.3) is 5.91 Å². The second-order valence-electron chi connectivity index (χ2n) is 7.00. The highest BCUT2D eigenvalue weighted by atomic mass is 16.5. The quantitative estimate of drug-likeness (QED) is 0.432. The summed E-state index contributed by atoms with van der Waals surface area (Å²) in [4.78, 5) is 12.4. The van der Waals surface area contributed by atoms with Crippen LogP contribution in [-0.4, -0.2) is 38.9 Å². The molecule has 0 saturated carbocycles. The molecule has 0 spiro atoms. The molecule has 2 heterocycles. The third-order valence-electron chi connectivity index (χ3n) is 4.92. The first-order valence-electron chi connectivity index (χ1n) is 9.96. The summed E-state index contributed by atoms with van der Waals surface area (Å²) in [5, 5.41) is 17.9. The van der Waals surface area contributed by atoms with Crippen molar-refractivity contribution in [1.82, 2.24) is 25.1 Å². The molecule has 0 aliphatic heterocycles. The largest absolute Gasteiger partial charge is 0.475 e. The summed E-state index contributed by atoms with van der Waals surface area (Å²) in [5.74, 6) is 0.943. The van der Waals surface area contributed by atoms with Gasteiger partial charge >= 0.3 is 0 Å². The molecule has 0 unspecified atom stereocenters. The standard InChI is InChI=1S/C24H19N5O2/c30-24(20-11-10-17-6-4-5-9-19(17)16-20)25-14-15-31-22-13-12-21-26-27-23(29(21)28-22)18-7-2-1-3-8-18/h1-13,16H,14-15H2,(H,25,30). The van der Waals surface area contributed by atoms with Crippen LogP contribution in [0.25, 0.3) is 27.8 Å². The van der Waals surface area contributed by atoms with Crippen molar-refractivity contribution in [1.29, 1.82) is 0 Å². The maximum Gasteiger partial charge on any atom is 0.251 e. The molecule has 5 aromatic rings. The number of fused-ring (bicyclic) bond motifs is 2. The van der Waals surface area contributed by atoms with E-state index >= 15 is 0 Å². The zero-order valence-corrected chi connectivity index (χ0v) is 16.6. The van der Waals surface area contributed by atoms with Crippen molar-refractivity contribution in [2.45, 2.75) is 0 Å². The summed E-state index contributed by atoms with van der Waals surface area (Å²) in [5.41, 5.74) is 2.17. The van der Waals surface area contributed by atoms with Crippen LogP contribution in [0, 0.1) is 0 Å². The molecule has 7 heteroatoms. The van der Waals surface area contributed by atoms with Crippen LogP contribution in [-0.2, 0) is 0 Å². The Bertz CT molecular complexity index is 1360. The Balaban J connectivity index is 1.22. The predicted molar refractivity (Wildman–Crippen MR) is 118 cm³/mol. The predicted octanol–water partition coefficient (Wildman–Crippen LogP) is 3.75. The number of nitrogens with zero attached hydrogens (tertiary/aromatic N) is 4. The molecule has 5 rings (SSSR count). The summed E-state index contributed by atoms with van der Waals surface area (Å²) >= 11 is 0. The van der Waals surface area contributed by atoms with Gasteiger partial charge in [-0.2, -0.15) is 4.52 Å². The highest BCUT2D eigenvalue weighted by molar-refractivity contribution is 5.98. The molecule has 1 amide bonds. The number of hydrogen-bond acceptors (Lipinski definition) is 5. The molecule has 0 radical (unpaired) electrons. The highest BCUT2D eigenvalue weighted by Gasteiger charge is 2.10. The lowest BCUT2D eigenvalue weighted by Gasteiger charge is -2.08. The number of hydrogen-bond donors (Lipinski definition) is 1. The third kappa shape index (κ3) is 3.93. The summed E-state index contributed by atoms with van der Waals surface area (Å²) in [6.07, 6.45) is 0. The van der Waals surface area contributed by atoms with E-state index < -0.39 is 0 Å².